The Morgan fingerprint density at radius 3 is 2.65 bits per heavy atom. The third-order valence-electron chi connectivity index (χ3n) is 3.58. The van der Waals surface area contributed by atoms with Crippen molar-refractivity contribution >= 4 is 28.3 Å². The molecule has 1 aliphatic heterocycles. The number of rotatable bonds is 4. The minimum atomic E-state index is -0.0799. The molecule has 7 nitrogen and oxygen atoms in total. The lowest BCUT2D eigenvalue weighted by atomic mass is 10.2. The smallest absolute Gasteiger partial charge is 0.240 e. The maximum atomic E-state index is 11.9. The molecule has 1 saturated carbocycles. The standard InChI is InChI=1S/C12H17N5O2S/c18-10(14-12-15-13-8-20-12)7-16-3-5-17(6-4-16)11(19)9-1-2-9/h8-9H,1-7H2,(H,14,15,18). The predicted molar refractivity (Wildman–Crippen MR) is 74.3 cm³/mol. The van der Waals surface area contributed by atoms with Gasteiger partial charge in [-0.15, -0.1) is 10.2 Å². The minimum absolute atomic E-state index is 0.0799. The van der Waals surface area contributed by atoms with E-state index in [9.17, 15) is 9.59 Å². The number of hydrogen-bond donors (Lipinski definition) is 1. The van der Waals surface area contributed by atoms with Crippen molar-refractivity contribution in [1.29, 1.82) is 0 Å². The Balaban J connectivity index is 1.41. The first-order chi connectivity index (χ1) is 9.72. The van der Waals surface area contributed by atoms with Gasteiger partial charge in [0, 0.05) is 32.1 Å². The van der Waals surface area contributed by atoms with Gasteiger partial charge in [0.15, 0.2) is 0 Å². The highest BCUT2D eigenvalue weighted by Crippen LogP contribution is 2.31. The SMILES string of the molecule is O=C(CN1CCN(C(=O)C2CC2)CC1)Nc1nncs1. The maximum Gasteiger partial charge on any atom is 0.240 e. The first-order valence-corrected chi connectivity index (χ1v) is 7.67. The molecule has 20 heavy (non-hydrogen) atoms. The molecular weight excluding hydrogens is 278 g/mol. The molecule has 1 aliphatic carbocycles. The zero-order valence-electron chi connectivity index (χ0n) is 11.1. The second-order valence-electron chi connectivity index (χ2n) is 5.17. The number of aromatic nitrogens is 2. The van der Waals surface area contributed by atoms with Gasteiger partial charge in [-0.3, -0.25) is 19.8 Å². The van der Waals surface area contributed by atoms with Gasteiger partial charge in [-0.25, -0.2) is 0 Å². The van der Waals surface area contributed by atoms with E-state index in [0.717, 1.165) is 39.0 Å². The molecule has 1 N–H and O–H groups in total. The van der Waals surface area contributed by atoms with Crippen LogP contribution in [0.15, 0.2) is 5.51 Å². The monoisotopic (exact) mass is 295 g/mol. The highest BCUT2D eigenvalue weighted by molar-refractivity contribution is 7.13. The zero-order valence-corrected chi connectivity index (χ0v) is 11.9. The molecule has 1 aromatic heterocycles. The molecule has 2 amide bonds. The molecule has 2 aliphatic rings. The van der Waals surface area contributed by atoms with Gasteiger partial charge in [-0.05, 0) is 12.8 Å². The highest BCUT2D eigenvalue weighted by Gasteiger charge is 2.34. The Labute approximate surface area is 121 Å². The fraction of sp³-hybridized carbons (Fsp3) is 0.667. The first-order valence-electron chi connectivity index (χ1n) is 6.79. The summed E-state index contributed by atoms with van der Waals surface area (Å²) in [5.41, 5.74) is 1.58. The van der Waals surface area contributed by atoms with Gasteiger partial charge in [0.2, 0.25) is 16.9 Å². The molecule has 1 saturated heterocycles. The number of carbonyl (C=O) groups excluding carboxylic acids is 2. The van der Waals surface area contributed by atoms with Gasteiger partial charge in [0.05, 0.1) is 6.54 Å². The Bertz CT molecular complexity index is 480. The summed E-state index contributed by atoms with van der Waals surface area (Å²) in [6, 6.07) is 0. The third-order valence-corrected chi connectivity index (χ3v) is 4.19. The topological polar surface area (TPSA) is 78.4 Å². The Morgan fingerprint density at radius 1 is 1.30 bits per heavy atom. The lowest BCUT2D eigenvalue weighted by molar-refractivity contribution is -0.134. The number of hydrogen-bond acceptors (Lipinski definition) is 6. The normalized spacial score (nSPS) is 19.9. The lowest BCUT2D eigenvalue weighted by Gasteiger charge is -2.34. The largest absolute Gasteiger partial charge is 0.340 e. The van der Waals surface area contributed by atoms with Crippen LogP contribution in [-0.2, 0) is 9.59 Å². The number of amides is 2. The van der Waals surface area contributed by atoms with Gasteiger partial charge in [-0.1, -0.05) is 11.3 Å². The average Bonchev–Trinajstić information content (AvgIpc) is 3.18. The van der Waals surface area contributed by atoms with Crippen molar-refractivity contribution in [3.05, 3.63) is 5.51 Å². The van der Waals surface area contributed by atoms with Gasteiger partial charge in [0.25, 0.3) is 0 Å². The molecule has 3 rings (SSSR count). The van der Waals surface area contributed by atoms with Gasteiger partial charge < -0.3 is 4.90 Å². The molecule has 0 aromatic carbocycles. The van der Waals surface area contributed by atoms with Crippen LogP contribution in [0.1, 0.15) is 12.8 Å². The predicted octanol–water partition coefficient (Wildman–Crippen LogP) is 0.0308. The summed E-state index contributed by atoms with van der Waals surface area (Å²) in [5.74, 6) is 0.494. The third kappa shape index (κ3) is 3.31. The lowest BCUT2D eigenvalue weighted by Crippen LogP contribution is -2.50. The van der Waals surface area contributed by atoms with Crippen LogP contribution in [0.3, 0.4) is 0 Å². The Hall–Kier alpha value is -1.54. The molecular formula is C12H17N5O2S. The summed E-state index contributed by atoms with van der Waals surface area (Å²) in [6.07, 6.45) is 2.09. The van der Waals surface area contributed by atoms with Crippen molar-refractivity contribution < 1.29 is 9.59 Å². The van der Waals surface area contributed by atoms with Gasteiger partial charge >= 0.3 is 0 Å². The van der Waals surface area contributed by atoms with Crippen molar-refractivity contribution in [1.82, 2.24) is 20.0 Å². The van der Waals surface area contributed by atoms with E-state index in [4.69, 9.17) is 0 Å². The zero-order chi connectivity index (χ0) is 13.9. The summed E-state index contributed by atoms with van der Waals surface area (Å²) < 4.78 is 0. The molecule has 1 aromatic rings. The first kappa shape index (κ1) is 13.4. The minimum Gasteiger partial charge on any atom is -0.340 e. The van der Waals surface area contributed by atoms with E-state index in [1.165, 1.54) is 11.3 Å². The van der Waals surface area contributed by atoms with Crippen LogP contribution in [0.4, 0.5) is 5.13 Å². The fourth-order valence-electron chi connectivity index (χ4n) is 2.30. The molecule has 2 fully saturated rings. The van der Waals surface area contributed by atoms with Gasteiger partial charge in [-0.2, -0.15) is 0 Å². The number of nitrogens with zero attached hydrogens (tertiary/aromatic N) is 4. The summed E-state index contributed by atoms with van der Waals surface area (Å²) in [5, 5.41) is 10.7. The van der Waals surface area contributed by atoms with E-state index in [-0.39, 0.29) is 11.8 Å². The number of piperazine rings is 1. The van der Waals surface area contributed by atoms with Crippen LogP contribution in [0.5, 0.6) is 0 Å². The fourth-order valence-corrected chi connectivity index (χ4v) is 2.77. The van der Waals surface area contributed by atoms with E-state index >= 15 is 0 Å². The van der Waals surface area contributed by atoms with Gasteiger partial charge in [0.1, 0.15) is 5.51 Å². The van der Waals surface area contributed by atoms with Crippen LogP contribution < -0.4 is 5.32 Å². The van der Waals surface area contributed by atoms with E-state index < -0.39 is 0 Å². The quantitative estimate of drug-likeness (QED) is 0.848. The summed E-state index contributed by atoms with van der Waals surface area (Å²) in [6.45, 7) is 3.29. The summed E-state index contributed by atoms with van der Waals surface area (Å²) in [7, 11) is 0. The molecule has 0 radical (unpaired) electrons. The second-order valence-corrected chi connectivity index (χ2v) is 6.00. The van der Waals surface area contributed by atoms with Crippen molar-refractivity contribution in [2.75, 3.05) is 38.0 Å². The van der Waals surface area contributed by atoms with Crippen LogP contribution in [0.2, 0.25) is 0 Å². The Morgan fingerprint density at radius 2 is 2.05 bits per heavy atom. The number of carbonyl (C=O) groups is 2. The van der Waals surface area contributed by atoms with Crippen LogP contribution in [-0.4, -0.2) is 64.5 Å². The van der Waals surface area contributed by atoms with Crippen LogP contribution >= 0.6 is 11.3 Å². The van der Waals surface area contributed by atoms with E-state index in [0.29, 0.717) is 17.6 Å². The average molecular weight is 295 g/mol. The molecule has 0 atom stereocenters. The molecule has 2 heterocycles. The van der Waals surface area contributed by atoms with Crippen molar-refractivity contribution in [3.63, 3.8) is 0 Å². The second kappa shape index (κ2) is 5.84. The highest BCUT2D eigenvalue weighted by atomic mass is 32.1. The summed E-state index contributed by atoms with van der Waals surface area (Å²) >= 11 is 1.30. The molecule has 0 bridgehead atoms. The van der Waals surface area contributed by atoms with Crippen molar-refractivity contribution in [3.8, 4) is 0 Å². The molecule has 108 valence electrons. The summed E-state index contributed by atoms with van der Waals surface area (Å²) in [4.78, 5) is 27.7. The van der Waals surface area contributed by atoms with Crippen LogP contribution in [0, 0.1) is 5.92 Å². The van der Waals surface area contributed by atoms with Crippen molar-refractivity contribution in [2.45, 2.75) is 12.8 Å². The van der Waals surface area contributed by atoms with E-state index in [1.54, 1.807) is 5.51 Å². The van der Waals surface area contributed by atoms with E-state index in [1.807, 2.05) is 4.90 Å². The van der Waals surface area contributed by atoms with Crippen molar-refractivity contribution in [2.24, 2.45) is 5.92 Å². The van der Waals surface area contributed by atoms with E-state index in [2.05, 4.69) is 20.4 Å². The van der Waals surface area contributed by atoms with Crippen LogP contribution in [0.25, 0.3) is 0 Å². The molecule has 0 spiro atoms. The maximum absolute atomic E-state index is 11.9. The number of anilines is 1. The molecule has 0 unspecified atom stereocenters. The Kier molecular flexibility index (Phi) is 3.93. The number of nitrogens with one attached hydrogen (secondary N) is 1. The molecule has 8 heteroatoms.